The molecule has 0 unspecified atom stereocenters. The molecule has 26 heavy (non-hydrogen) atoms. The maximum absolute atomic E-state index is 12.3. The lowest BCUT2D eigenvalue weighted by molar-refractivity contribution is -0.115. The number of carbonyl (C=O) groups is 2. The molecule has 0 spiro atoms. The predicted octanol–water partition coefficient (Wildman–Crippen LogP) is 2.93. The summed E-state index contributed by atoms with van der Waals surface area (Å²) in [5.74, 6) is -0.337. The third-order valence-electron chi connectivity index (χ3n) is 3.83. The van der Waals surface area contributed by atoms with Gasteiger partial charge in [-0.1, -0.05) is 38.1 Å². The molecular weight excluding hydrogens is 352 g/mol. The van der Waals surface area contributed by atoms with Gasteiger partial charge in [-0.3, -0.25) is 9.59 Å². The molecule has 0 saturated carbocycles. The normalized spacial score (nSPS) is 11.4. The van der Waals surface area contributed by atoms with Gasteiger partial charge in [0.25, 0.3) is 0 Å². The molecule has 0 fully saturated rings. The zero-order chi connectivity index (χ0) is 19.3. The van der Waals surface area contributed by atoms with Crippen molar-refractivity contribution in [3.8, 4) is 0 Å². The number of sulfonamides is 1. The fourth-order valence-corrected chi connectivity index (χ4v) is 3.28. The third-order valence-corrected chi connectivity index (χ3v) is 5.25. The van der Waals surface area contributed by atoms with Crippen molar-refractivity contribution in [1.82, 2.24) is 4.72 Å². The van der Waals surface area contributed by atoms with Crippen molar-refractivity contribution in [1.29, 1.82) is 0 Å². The Morgan fingerprint density at radius 1 is 1.04 bits per heavy atom. The Bertz CT molecular complexity index is 903. The van der Waals surface area contributed by atoms with Gasteiger partial charge in [-0.25, -0.2) is 13.1 Å². The molecule has 0 atom stereocenters. The summed E-state index contributed by atoms with van der Waals surface area (Å²) in [5, 5.41) is 2.57. The maximum Gasteiger partial charge on any atom is 0.241 e. The van der Waals surface area contributed by atoms with Crippen molar-refractivity contribution in [2.24, 2.45) is 0 Å². The zero-order valence-corrected chi connectivity index (χ0v) is 15.8. The van der Waals surface area contributed by atoms with Crippen molar-refractivity contribution in [2.75, 3.05) is 11.9 Å². The van der Waals surface area contributed by atoms with E-state index < -0.39 is 22.5 Å². The molecule has 2 N–H and O–H groups in total. The number of carbonyl (C=O) groups excluding carboxylic acids is 2. The lowest BCUT2D eigenvalue weighted by Crippen LogP contribution is -2.32. The lowest BCUT2D eigenvalue weighted by atomic mass is 10.0. The highest BCUT2D eigenvalue weighted by atomic mass is 32.2. The van der Waals surface area contributed by atoms with Crippen LogP contribution in [-0.4, -0.2) is 26.7 Å². The third kappa shape index (κ3) is 5.24. The number of Topliss-reactive ketones (excluding diaryl/α,β-unsaturated/α-hetero) is 1. The lowest BCUT2D eigenvalue weighted by Gasteiger charge is -2.10. The zero-order valence-electron chi connectivity index (χ0n) is 14.9. The van der Waals surface area contributed by atoms with Crippen molar-refractivity contribution < 1.29 is 18.0 Å². The Kier molecular flexibility index (Phi) is 6.28. The van der Waals surface area contributed by atoms with Crippen LogP contribution in [0.1, 0.15) is 42.6 Å². The summed E-state index contributed by atoms with van der Waals surface area (Å²) in [6, 6.07) is 13.0. The number of hydrogen-bond acceptors (Lipinski definition) is 4. The van der Waals surface area contributed by atoms with Crippen LogP contribution in [0, 0.1) is 0 Å². The van der Waals surface area contributed by atoms with Crippen LogP contribution in [0.15, 0.2) is 53.4 Å². The minimum atomic E-state index is -3.78. The Morgan fingerprint density at radius 3 is 2.27 bits per heavy atom. The first-order valence-electron chi connectivity index (χ1n) is 8.19. The molecule has 138 valence electrons. The van der Waals surface area contributed by atoms with E-state index >= 15 is 0 Å². The van der Waals surface area contributed by atoms with Crippen molar-refractivity contribution in [2.45, 2.75) is 31.6 Å². The van der Waals surface area contributed by atoms with Gasteiger partial charge in [-0.2, -0.15) is 0 Å². The molecule has 0 bridgehead atoms. The standard InChI is InChI=1S/C19H22N2O4S/c1-13(2)15-7-9-18(10-8-15)26(24,25)20-12-19(23)21-17-6-4-5-16(11-17)14(3)22/h4-11,13,20H,12H2,1-3H3,(H,21,23). The van der Waals surface area contributed by atoms with Crippen LogP contribution in [0.25, 0.3) is 0 Å². The van der Waals surface area contributed by atoms with Crippen molar-refractivity contribution in [3.63, 3.8) is 0 Å². The Labute approximate surface area is 153 Å². The van der Waals surface area contributed by atoms with Gasteiger partial charge in [0.05, 0.1) is 11.4 Å². The molecule has 2 rings (SSSR count). The summed E-state index contributed by atoms with van der Waals surface area (Å²) in [5.41, 5.74) is 1.93. The summed E-state index contributed by atoms with van der Waals surface area (Å²) in [6.07, 6.45) is 0. The summed E-state index contributed by atoms with van der Waals surface area (Å²) in [6.45, 7) is 5.07. The number of rotatable bonds is 7. The summed E-state index contributed by atoms with van der Waals surface area (Å²) < 4.78 is 26.8. The second-order valence-electron chi connectivity index (χ2n) is 6.23. The van der Waals surface area contributed by atoms with Gasteiger partial charge in [0.2, 0.25) is 15.9 Å². The highest BCUT2D eigenvalue weighted by Gasteiger charge is 2.16. The van der Waals surface area contributed by atoms with Crippen molar-refractivity contribution in [3.05, 3.63) is 59.7 Å². The van der Waals surface area contributed by atoms with Crippen LogP contribution in [0.4, 0.5) is 5.69 Å². The number of benzene rings is 2. The van der Waals surface area contributed by atoms with E-state index in [0.29, 0.717) is 17.2 Å². The second-order valence-corrected chi connectivity index (χ2v) is 8.00. The van der Waals surface area contributed by atoms with Crippen LogP contribution in [0.3, 0.4) is 0 Å². The highest BCUT2D eigenvalue weighted by molar-refractivity contribution is 7.89. The largest absolute Gasteiger partial charge is 0.325 e. The fraction of sp³-hybridized carbons (Fsp3) is 0.263. The van der Waals surface area contributed by atoms with Gasteiger partial charge in [0.1, 0.15) is 0 Å². The second kappa shape index (κ2) is 8.25. The highest BCUT2D eigenvalue weighted by Crippen LogP contribution is 2.17. The number of anilines is 1. The Morgan fingerprint density at radius 2 is 1.69 bits per heavy atom. The van der Waals surface area contributed by atoms with E-state index in [1.54, 1.807) is 36.4 Å². The summed E-state index contributed by atoms with van der Waals surface area (Å²) >= 11 is 0. The molecule has 6 nitrogen and oxygen atoms in total. The van der Waals surface area contributed by atoms with E-state index in [1.165, 1.54) is 19.1 Å². The van der Waals surface area contributed by atoms with Crippen LogP contribution in [0.5, 0.6) is 0 Å². The maximum atomic E-state index is 12.3. The van der Waals surface area contributed by atoms with Gasteiger partial charge < -0.3 is 5.32 Å². The van der Waals surface area contributed by atoms with Crippen LogP contribution in [0.2, 0.25) is 0 Å². The molecule has 0 saturated heterocycles. The van der Waals surface area contributed by atoms with Crippen LogP contribution >= 0.6 is 0 Å². The van der Waals surface area contributed by atoms with Gasteiger partial charge in [-0.15, -0.1) is 0 Å². The monoisotopic (exact) mass is 374 g/mol. The molecule has 1 amide bonds. The first-order valence-corrected chi connectivity index (χ1v) is 9.68. The molecule has 0 aliphatic heterocycles. The van der Waals surface area contributed by atoms with Gasteiger partial charge in [-0.05, 0) is 42.7 Å². The number of amides is 1. The first-order chi connectivity index (χ1) is 12.2. The SMILES string of the molecule is CC(=O)c1cccc(NC(=O)CNS(=O)(=O)c2ccc(C(C)C)cc2)c1. The molecular formula is C19H22N2O4S. The number of hydrogen-bond donors (Lipinski definition) is 2. The van der Waals surface area contributed by atoms with Gasteiger partial charge in [0.15, 0.2) is 5.78 Å². The Hall–Kier alpha value is -2.51. The van der Waals surface area contributed by atoms with Crippen molar-refractivity contribution >= 4 is 27.4 Å². The number of nitrogens with one attached hydrogen (secondary N) is 2. The molecule has 7 heteroatoms. The molecule has 0 radical (unpaired) electrons. The topological polar surface area (TPSA) is 92.3 Å². The average molecular weight is 374 g/mol. The first kappa shape index (κ1) is 19.8. The van der Waals surface area contributed by atoms with Gasteiger partial charge in [0, 0.05) is 11.3 Å². The van der Waals surface area contributed by atoms with E-state index in [9.17, 15) is 18.0 Å². The van der Waals surface area contributed by atoms with E-state index in [1.807, 2.05) is 13.8 Å². The average Bonchev–Trinajstić information content (AvgIpc) is 2.60. The van der Waals surface area contributed by atoms with Crippen LogP contribution < -0.4 is 10.0 Å². The van der Waals surface area contributed by atoms with E-state index in [4.69, 9.17) is 0 Å². The molecule has 2 aromatic carbocycles. The summed E-state index contributed by atoms with van der Waals surface area (Å²) in [4.78, 5) is 23.5. The van der Waals surface area contributed by atoms with Gasteiger partial charge >= 0.3 is 0 Å². The number of ketones is 1. The quantitative estimate of drug-likeness (QED) is 0.729. The molecule has 0 aromatic heterocycles. The Balaban J connectivity index is 1.99. The van der Waals surface area contributed by atoms with Crippen LogP contribution in [-0.2, 0) is 14.8 Å². The predicted molar refractivity (Wildman–Crippen MR) is 101 cm³/mol. The minimum absolute atomic E-state index is 0.105. The summed E-state index contributed by atoms with van der Waals surface area (Å²) in [7, 11) is -3.78. The van der Waals surface area contributed by atoms with E-state index in [2.05, 4.69) is 10.0 Å². The molecule has 2 aromatic rings. The molecule has 0 aliphatic rings. The molecule has 0 aliphatic carbocycles. The smallest absolute Gasteiger partial charge is 0.241 e. The minimum Gasteiger partial charge on any atom is -0.325 e. The fourth-order valence-electron chi connectivity index (χ4n) is 2.30. The van der Waals surface area contributed by atoms with E-state index in [0.717, 1.165) is 5.56 Å². The van der Waals surface area contributed by atoms with E-state index in [-0.39, 0.29) is 10.7 Å². The molecule has 0 heterocycles.